The van der Waals surface area contributed by atoms with Crippen molar-refractivity contribution in [3.05, 3.63) is 0 Å². The Labute approximate surface area is 119 Å². The van der Waals surface area contributed by atoms with Crippen molar-refractivity contribution in [3.63, 3.8) is 0 Å². The van der Waals surface area contributed by atoms with Crippen LogP contribution in [-0.4, -0.2) is 55.0 Å². The molecule has 1 aliphatic heterocycles. The largest absolute Gasteiger partial charge is 0.379 e. The van der Waals surface area contributed by atoms with E-state index in [0.717, 1.165) is 32.1 Å². The predicted molar refractivity (Wildman–Crippen MR) is 84.4 cm³/mol. The van der Waals surface area contributed by atoms with Crippen LogP contribution in [0.5, 0.6) is 0 Å². The Hall–Kier alpha value is 0.970. The van der Waals surface area contributed by atoms with E-state index >= 15 is 0 Å². The quantitative estimate of drug-likeness (QED) is 0.419. The summed E-state index contributed by atoms with van der Waals surface area (Å²) >= 11 is 4.38. The van der Waals surface area contributed by atoms with E-state index in [9.17, 15) is 0 Å². The van der Waals surface area contributed by atoms with Crippen LogP contribution in [0.4, 0.5) is 0 Å². The number of rotatable bonds is 8. The Morgan fingerprint density at radius 3 is 2.47 bits per heavy atom. The molecule has 0 aromatic rings. The summed E-state index contributed by atoms with van der Waals surface area (Å²) in [6.45, 7) is 9.83. The lowest BCUT2D eigenvalue weighted by atomic mass is 9.93. The summed E-state index contributed by atoms with van der Waals surface area (Å²) in [6.07, 6.45) is 1.26. The predicted octanol–water partition coefficient (Wildman–Crippen LogP) is 3.05. The number of hydrogen-bond donors (Lipinski definition) is 1. The first-order chi connectivity index (χ1) is 8.14. The first-order valence-electron chi connectivity index (χ1n) is 6.29. The molecule has 17 heavy (non-hydrogen) atoms. The standard InChI is InChI=1S/C12H25NOS3/c1-12(2,11-15)3-9-16-17-10-6-13-4-7-14-8-5-13/h15H,3-11H2,1-2H3. The number of morpholine rings is 1. The number of nitrogens with zero attached hydrogens (tertiary/aromatic N) is 1. The van der Waals surface area contributed by atoms with Crippen LogP contribution < -0.4 is 0 Å². The van der Waals surface area contributed by atoms with E-state index < -0.39 is 0 Å². The number of thiol groups is 1. The molecule has 0 aliphatic carbocycles. The van der Waals surface area contributed by atoms with E-state index in [1.807, 2.05) is 21.6 Å². The minimum absolute atomic E-state index is 0.390. The van der Waals surface area contributed by atoms with Gasteiger partial charge in [0.25, 0.3) is 0 Å². The van der Waals surface area contributed by atoms with E-state index in [4.69, 9.17) is 4.74 Å². The van der Waals surface area contributed by atoms with Crippen LogP contribution >= 0.6 is 34.2 Å². The van der Waals surface area contributed by atoms with Gasteiger partial charge in [-0.1, -0.05) is 35.4 Å². The van der Waals surface area contributed by atoms with Crippen LogP contribution in [0, 0.1) is 5.41 Å². The van der Waals surface area contributed by atoms with Crippen LogP contribution in [0.25, 0.3) is 0 Å². The Morgan fingerprint density at radius 1 is 1.18 bits per heavy atom. The van der Waals surface area contributed by atoms with Crippen molar-refractivity contribution in [2.24, 2.45) is 5.41 Å². The first kappa shape index (κ1) is 16.0. The normalized spacial score (nSPS) is 18.5. The topological polar surface area (TPSA) is 12.5 Å². The van der Waals surface area contributed by atoms with Gasteiger partial charge in [-0.3, -0.25) is 4.90 Å². The van der Waals surface area contributed by atoms with Crippen molar-refractivity contribution >= 4 is 34.2 Å². The molecular formula is C12H25NOS3. The molecule has 0 spiro atoms. The molecule has 1 aliphatic rings. The molecule has 1 saturated heterocycles. The van der Waals surface area contributed by atoms with E-state index in [0.29, 0.717) is 5.41 Å². The maximum absolute atomic E-state index is 5.33. The summed E-state index contributed by atoms with van der Waals surface area (Å²) < 4.78 is 5.33. The summed E-state index contributed by atoms with van der Waals surface area (Å²) in [6, 6.07) is 0. The lowest BCUT2D eigenvalue weighted by Crippen LogP contribution is -2.37. The van der Waals surface area contributed by atoms with Gasteiger partial charge in [-0.15, -0.1) is 0 Å². The molecule has 1 heterocycles. The van der Waals surface area contributed by atoms with Gasteiger partial charge in [0.2, 0.25) is 0 Å². The summed E-state index contributed by atoms with van der Waals surface area (Å²) in [5, 5.41) is 0. The third-order valence-electron chi connectivity index (χ3n) is 2.97. The molecule has 1 rings (SSSR count). The van der Waals surface area contributed by atoms with Gasteiger partial charge in [0.1, 0.15) is 0 Å². The Balaban J connectivity index is 1.90. The van der Waals surface area contributed by atoms with Crippen LogP contribution in [0.15, 0.2) is 0 Å². The Bertz CT molecular complexity index is 196. The highest BCUT2D eigenvalue weighted by molar-refractivity contribution is 8.76. The number of ether oxygens (including phenoxy) is 1. The lowest BCUT2D eigenvalue weighted by Gasteiger charge is -2.26. The maximum atomic E-state index is 5.33. The fourth-order valence-electron chi connectivity index (χ4n) is 1.51. The zero-order chi connectivity index (χ0) is 12.6. The maximum Gasteiger partial charge on any atom is 0.0594 e. The van der Waals surface area contributed by atoms with Crippen molar-refractivity contribution in [2.75, 3.05) is 50.1 Å². The average molecular weight is 296 g/mol. The molecule has 1 fully saturated rings. The highest BCUT2D eigenvalue weighted by Gasteiger charge is 2.15. The van der Waals surface area contributed by atoms with Crippen LogP contribution in [-0.2, 0) is 4.74 Å². The third kappa shape index (κ3) is 7.88. The van der Waals surface area contributed by atoms with Gasteiger partial charge < -0.3 is 4.74 Å². The fourth-order valence-corrected chi connectivity index (χ4v) is 4.05. The summed E-state index contributed by atoms with van der Waals surface area (Å²) in [7, 11) is 4.02. The molecule has 102 valence electrons. The zero-order valence-electron chi connectivity index (χ0n) is 11.0. The fraction of sp³-hybridized carbons (Fsp3) is 1.00. The molecule has 0 aromatic heterocycles. The minimum atomic E-state index is 0.390. The van der Waals surface area contributed by atoms with Gasteiger partial charge >= 0.3 is 0 Å². The van der Waals surface area contributed by atoms with Gasteiger partial charge in [-0.05, 0) is 17.6 Å². The molecule has 0 atom stereocenters. The van der Waals surface area contributed by atoms with E-state index in [-0.39, 0.29) is 0 Å². The van der Waals surface area contributed by atoms with Gasteiger partial charge in [0, 0.05) is 31.1 Å². The van der Waals surface area contributed by atoms with Crippen molar-refractivity contribution in [3.8, 4) is 0 Å². The van der Waals surface area contributed by atoms with Gasteiger partial charge in [-0.25, -0.2) is 0 Å². The van der Waals surface area contributed by atoms with Gasteiger partial charge in [-0.2, -0.15) is 12.6 Å². The molecule has 0 aromatic carbocycles. The van der Waals surface area contributed by atoms with Crippen LogP contribution in [0.3, 0.4) is 0 Å². The van der Waals surface area contributed by atoms with Crippen molar-refractivity contribution in [1.82, 2.24) is 4.90 Å². The molecule has 0 N–H and O–H groups in total. The second kappa shape index (κ2) is 8.97. The molecule has 0 saturated carbocycles. The second-order valence-corrected chi connectivity index (χ2v) is 8.19. The molecule has 0 bridgehead atoms. The molecule has 0 amide bonds. The minimum Gasteiger partial charge on any atom is -0.379 e. The third-order valence-corrected chi connectivity index (χ3v) is 6.21. The lowest BCUT2D eigenvalue weighted by molar-refractivity contribution is 0.0410. The monoisotopic (exact) mass is 295 g/mol. The first-order valence-corrected chi connectivity index (χ1v) is 9.41. The summed E-state index contributed by atoms with van der Waals surface area (Å²) in [5.74, 6) is 3.44. The zero-order valence-corrected chi connectivity index (χ0v) is 13.5. The van der Waals surface area contributed by atoms with Gasteiger partial charge in [0.15, 0.2) is 0 Å². The Kier molecular flexibility index (Phi) is 8.45. The number of hydrogen-bond acceptors (Lipinski definition) is 5. The highest BCUT2D eigenvalue weighted by Crippen LogP contribution is 2.29. The molecule has 2 nitrogen and oxygen atoms in total. The van der Waals surface area contributed by atoms with Crippen LogP contribution in [0.2, 0.25) is 0 Å². The van der Waals surface area contributed by atoms with Gasteiger partial charge in [0.05, 0.1) is 13.2 Å². The van der Waals surface area contributed by atoms with Crippen molar-refractivity contribution < 1.29 is 4.74 Å². The van der Waals surface area contributed by atoms with E-state index in [1.165, 1.54) is 24.5 Å². The molecule has 0 unspecified atom stereocenters. The highest BCUT2D eigenvalue weighted by atomic mass is 33.1. The van der Waals surface area contributed by atoms with E-state index in [1.54, 1.807) is 0 Å². The summed E-state index contributed by atoms with van der Waals surface area (Å²) in [4.78, 5) is 2.49. The van der Waals surface area contributed by atoms with Crippen molar-refractivity contribution in [1.29, 1.82) is 0 Å². The van der Waals surface area contributed by atoms with E-state index in [2.05, 4.69) is 31.4 Å². The summed E-state index contributed by atoms with van der Waals surface area (Å²) in [5.41, 5.74) is 0.390. The SMILES string of the molecule is CC(C)(CS)CCSSCCN1CCOCC1. The molecular weight excluding hydrogens is 270 g/mol. The molecule has 5 heteroatoms. The second-order valence-electron chi connectivity index (χ2n) is 5.17. The van der Waals surface area contributed by atoms with Crippen LogP contribution in [0.1, 0.15) is 20.3 Å². The Morgan fingerprint density at radius 2 is 1.82 bits per heavy atom. The molecule has 0 radical (unpaired) electrons. The van der Waals surface area contributed by atoms with Crippen molar-refractivity contribution in [2.45, 2.75) is 20.3 Å². The smallest absolute Gasteiger partial charge is 0.0594 e. The average Bonchev–Trinajstić information content (AvgIpc) is 2.35.